The molecule has 0 aliphatic heterocycles. The molecule has 0 bridgehead atoms. The van der Waals surface area contributed by atoms with E-state index in [-0.39, 0.29) is 16.5 Å². The van der Waals surface area contributed by atoms with Crippen LogP contribution in [0.1, 0.15) is 6.92 Å². The maximum absolute atomic E-state index is 12.6. The highest BCUT2D eigenvalue weighted by atomic mass is 32.2. The fourth-order valence-corrected chi connectivity index (χ4v) is 3.85. The van der Waals surface area contributed by atoms with Gasteiger partial charge in [0, 0.05) is 23.6 Å². The molecule has 8 heteroatoms. The Hall–Kier alpha value is -2.48. The second kappa shape index (κ2) is 6.10. The summed E-state index contributed by atoms with van der Waals surface area (Å²) in [6.07, 6.45) is 3.75. The summed E-state index contributed by atoms with van der Waals surface area (Å²) in [7, 11) is -3.89. The first-order valence-electron chi connectivity index (χ1n) is 6.42. The Morgan fingerprint density at radius 1 is 1.27 bits per heavy atom. The average molecular weight is 322 g/mol. The molecule has 0 saturated heterocycles. The number of hydrogen-bond acceptors (Lipinski definition) is 5. The molecule has 22 heavy (non-hydrogen) atoms. The lowest BCUT2D eigenvalue weighted by molar-refractivity contribution is -0.507. The van der Waals surface area contributed by atoms with Crippen molar-refractivity contribution in [3.8, 4) is 0 Å². The van der Waals surface area contributed by atoms with Crippen LogP contribution in [0, 0.1) is 10.1 Å². The predicted octanol–water partition coefficient (Wildman–Crippen LogP) is 1.06. The van der Waals surface area contributed by atoms with Crippen LogP contribution in [0.25, 0.3) is 0 Å². The molecule has 1 aromatic rings. The first-order valence-corrected chi connectivity index (χ1v) is 7.97. The summed E-state index contributed by atoms with van der Waals surface area (Å²) in [4.78, 5) is 21.6. The Kier molecular flexibility index (Phi) is 4.41. The molecule has 1 aliphatic carbocycles. The van der Waals surface area contributed by atoms with Crippen LogP contribution >= 0.6 is 0 Å². The van der Waals surface area contributed by atoms with Crippen molar-refractivity contribution in [1.82, 2.24) is 5.32 Å². The number of nitrogens with zero attached hydrogens (tertiary/aromatic N) is 1. The van der Waals surface area contributed by atoms with Gasteiger partial charge in [0.15, 0.2) is 15.1 Å². The fraction of sp³-hybridized carbons (Fsp3) is 0.214. The molecule has 1 amide bonds. The van der Waals surface area contributed by atoms with Gasteiger partial charge < -0.3 is 5.32 Å². The van der Waals surface area contributed by atoms with Crippen LogP contribution in [0.4, 0.5) is 0 Å². The highest BCUT2D eigenvalue weighted by Gasteiger charge is 2.41. The van der Waals surface area contributed by atoms with Crippen LogP contribution in [0.15, 0.2) is 59.2 Å². The van der Waals surface area contributed by atoms with Crippen molar-refractivity contribution in [2.24, 2.45) is 0 Å². The third-order valence-electron chi connectivity index (χ3n) is 3.15. The van der Waals surface area contributed by atoms with E-state index in [1.54, 1.807) is 18.2 Å². The summed E-state index contributed by atoms with van der Waals surface area (Å²) >= 11 is 0. The minimum Gasteiger partial charge on any atom is -0.326 e. The van der Waals surface area contributed by atoms with Crippen molar-refractivity contribution in [2.75, 3.05) is 0 Å². The van der Waals surface area contributed by atoms with E-state index in [1.165, 1.54) is 31.2 Å². The van der Waals surface area contributed by atoms with Gasteiger partial charge in [-0.25, -0.2) is 8.42 Å². The summed E-state index contributed by atoms with van der Waals surface area (Å²) in [6, 6.07) is 6.10. The zero-order valence-electron chi connectivity index (χ0n) is 11.7. The van der Waals surface area contributed by atoms with Crippen LogP contribution in [-0.2, 0) is 14.6 Å². The molecular formula is C14H14N2O5S. The van der Waals surface area contributed by atoms with E-state index < -0.39 is 26.1 Å². The maximum atomic E-state index is 12.6. The Bertz CT molecular complexity index is 753. The summed E-state index contributed by atoms with van der Waals surface area (Å²) in [6.45, 7) is 1.27. The largest absolute Gasteiger partial charge is 0.326 e. The molecule has 2 rings (SSSR count). The van der Waals surface area contributed by atoms with Crippen LogP contribution in [-0.4, -0.2) is 30.5 Å². The van der Waals surface area contributed by atoms with Crippen molar-refractivity contribution in [3.05, 3.63) is 64.4 Å². The Balaban J connectivity index is 2.40. The molecule has 0 aromatic heterocycles. The van der Waals surface area contributed by atoms with Crippen molar-refractivity contribution >= 4 is 15.7 Å². The van der Waals surface area contributed by atoms with Gasteiger partial charge in [0.2, 0.25) is 5.91 Å². The molecule has 2 unspecified atom stereocenters. The number of allylic oxidation sites excluding steroid dienone is 1. The van der Waals surface area contributed by atoms with Gasteiger partial charge in [-0.3, -0.25) is 14.9 Å². The standard InChI is InChI=1S/C14H14N2O5S/c1-10(17)15-11-7-8-14(13(9-11)16(18)19)22(20,21)12-5-3-2-4-6-12/h2-9,13-14H,1H3,(H,15,17). The van der Waals surface area contributed by atoms with E-state index in [4.69, 9.17) is 0 Å². The van der Waals surface area contributed by atoms with Gasteiger partial charge in [0.05, 0.1) is 4.90 Å². The van der Waals surface area contributed by atoms with Gasteiger partial charge in [-0.1, -0.05) is 24.3 Å². The molecular weight excluding hydrogens is 308 g/mol. The third kappa shape index (κ3) is 3.22. The topological polar surface area (TPSA) is 106 Å². The molecule has 0 fully saturated rings. The zero-order valence-corrected chi connectivity index (χ0v) is 12.5. The van der Waals surface area contributed by atoms with Crippen molar-refractivity contribution in [2.45, 2.75) is 23.1 Å². The molecule has 1 N–H and O–H groups in total. The molecule has 116 valence electrons. The summed E-state index contributed by atoms with van der Waals surface area (Å²) in [5.41, 5.74) is 0.216. The quantitative estimate of drug-likeness (QED) is 0.659. The van der Waals surface area contributed by atoms with Crippen LogP contribution < -0.4 is 5.32 Å². The zero-order chi connectivity index (χ0) is 16.3. The number of rotatable bonds is 4. The Morgan fingerprint density at radius 3 is 2.45 bits per heavy atom. The van der Waals surface area contributed by atoms with Gasteiger partial charge in [-0.15, -0.1) is 0 Å². The lowest BCUT2D eigenvalue weighted by Crippen LogP contribution is -2.40. The number of sulfone groups is 1. The molecule has 0 heterocycles. The van der Waals surface area contributed by atoms with E-state index in [1.807, 2.05) is 0 Å². The van der Waals surface area contributed by atoms with Crippen LogP contribution in [0.2, 0.25) is 0 Å². The van der Waals surface area contributed by atoms with E-state index in [0.29, 0.717) is 0 Å². The summed E-state index contributed by atoms with van der Waals surface area (Å²) in [5, 5.41) is 12.3. The monoisotopic (exact) mass is 322 g/mol. The highest BCUT2D eigenvalue weighted by molar-refractivity contribution is 7.92. The lowest BCUT2D eigenvalue weighted by atomic mass is 10.1. The van der Waals surface area contributed by atoms with Crippen LogP contribution in [0.5, 0.6) is 0 Å². The second-order valence-corrected chi connectivity index (χ2v) is 6.87. The highest BCUT2D eigenvalue weighted by Crippen LogP contribution is 2.25. The molecule has 7 nitrogen and oxygen atoms in total. The number of nitro groups is 1. The number of nitrogens with one attached hydrogen (secondary N) is 1. The number of carbonyl (C=O) groups excluding carboxylic acids is 1. The fourth-order valence-electron chi connectivity index (χ4n) is 2.17. The van der Waals surface area contributed by atoms with E-state index in [0.717, 1.165) is 6.08 Å². The minimum atomic E-state index is -3.89. The molecule has 0 saturated carbocycles. The molecule has 0 radical (unpaired) electrons. The van der Waals surface area contributed by atoms with Gasteiger partial charge >= 0.3 is 0 Å². The normalized spacial score (nSPS) is 21.0. The van der Waals surface area contributed by atoms with Gasteiger partial charge in [-0.05, 0) is 18.2 Å². The third-order valence-corrected chi connectivity index (χ3v) is 5.23. The minimum absolute atomic E-state index is 0.0212. The molecule has 1 aliphatic rings. The van der Waals surface area contributed by atoms with E-state index in [9.17, 15) is 23.3 Å². The summed E-state index contributed by atoms with van der Waals surface area (Å²) < 4.78 is 25.1. The molecule has 2 atom stereocenters. The second-order valence-electron chi connectivity index (χ2n) is 4.76. The molecule has 0 spiro atoms. The molecule has 1 aromatic carbocycles. The maximum Gasteiger partial charge on any atom is 0.254 e. The van der Waals surface area contributed by atoms with Gasteiger partial charge in [-0.2, -0.15) is 0 Å². The number of benzene rings is 1. The predicted molar refractivity (Wildman–Crippen MR) is 79.2 cm³/mol. The van der Waals surface area contributed by atoms with Gasteiger partial charge in [0.25, 0.3) is 6.04 Å². The first-order chi connectivity index (χ1) is 10.3. The summed E-state index contributed by atoms with van der Waals surface area (Å²) in [5.74, 6) is -0.387. The Morgan fingerprint density at radius 2 is 1.91 bits per heavy atom. The number of carbonyl (C=O) groups is 1. The van der Waals surface area contributed by atoms with Crippen molar-refractivity contribution in [1.29, 1.82) is 0 Å². The van der Waals surface area contributed by atoms with Gasteiger partial charge in [0.1, 0.15) is 0 Å². The van der Waals surface area contributed by atoms with Crippen molar-refractivity contribution in [3.63, 3.8) is 0 Å². The smallest absolute Gasteiger partial charge is 0.254 e. The first kappa shape index (κ1) is 15.9. The average Bonchev–Trinajstić information content (AvgIpc) is 2.47. The van der Waals surface area contributed by atoms with Crippen molar-refractivity contribution < 1.29 is 18.1 Å². The number of amides is 1. The van der Waals surface area contributed by atoms with E-state index in [2.05, 4.69) is 5.32 Å². The SMILES string of the molecule is CC(=O)NC1=CC([N+](=O)[O-])C(S(=O)(=O)c2ccccc2)C=C1. The van der Waals surface area contributed by atoms with Crippen LogP contribution in [0.3, 0.4) is 0 Å². The van der Waals surface area contributed by atoms with E-state index >= 15 is 0 Å². The number of hydrogen-bond donors (Lipinski definition) is 1. The lowest BCUT2D eigenvalue weighted by Gasteiger charge is -2.20. The Labute approximate surface area is 127 Å².